The summed E-state index contributed by atoms with van der Waals surface area (Å²) in [6.45, 7) is 6.04. The summed E-state index contributed by atoms with van der Waals surface area (Å²) in [5.74, 6) is -0.454. The highest BCUT2D eigenvalue weighted by Gasteiger charge is 2.17. The number of hydrogen-bond donors (Lipinski definition) is 3. The van der Waals surface area contributed by atoms with Crippen molar-refractivity contribution in [1.29, 1.82) is 0 Å². The first-order valence-corrected chi connectivity index (χ1v) is 9.01. The van der Waals surface area contributed by atoms with E-state index in [4.69, 9.17) is 0 Å². The molecule has 0 aliphatic carbocycles. The monoisotopic (exact) mass is 342 g/mol. The Morgan fingerprint density at radius 2 is 2.16 bits per heavy atom. The highest BCUT2D eigenvalue weighted by molar-refractivity contribution is 6.40. The lowest BCUT2D eigenvalue weighted by Crippen LogP contribution is -2.39. The molecular weight excluding hydrogens is 316 g/mol. The van der Waals surface area contributed by atoms with Gasteiger partial charge in [0.05, 0.1) is 5.69 Å². The quantitative estimate of drug-likeness (QED) is 0.576. The number of H-pyrrole nitrogens is 1. The number of nitrogens with zero attached hydrogens (tertiary/aromatic N) is 1. The van der Waals surface area contributed by atoms with E-state index in [0.717, 1.165) is 42.9 Å². The smallest absolute Gasteiger partial charge is 0.313 e. The zero-order valence-electron chi connectivity index (χ0n) is 14.7. The van der Waals surface area contributed by atoms with Crippen LogP contribution >= 0.6 is 0 Å². The number of benzene rings is 1. The molecule has 2 amide bonds. The highest BCUT2D eigenvalue weighted by atomic mass is 16.2. The van der Waals surface area contributed by atoms with Crippen molar-refractivity contribution in [3.05, 3.63) is 30.5 Å². The second kappa shape index (κ2) is 8.16. The molecule has 1 aliphatic heterocycles. The molecule has 0 radical (unpaired) electrons. The van der Waals surface area contributed by atoms with Crippen molar-refractivity contribution >= 4 is 28.4 Å². The van der Waals surface area contributed by atoms with Crippen molar-refractivity contribution in [2.24, 2.45) is 5.92 Å². The van der Waals surface area contributed by atoms with E-state index in [1.807, 2.05) is 24.4 Å². The van der Waals surface area contributed by atoms with Crippen LogP contribution < -0.4 is 10.6 Å². The number of aromatic amines is 1. The molecule has 0 spiro atoms. The average Bonchev–Trinajstić information content (AvgIpc) is 3.08. The van der Waals surface area contributed by atoms with Crippen LogP contribution in [-0.4, -0.2) is 47.9 Å². The van der Waals surface area contributed by atoms with E-state index >= 15 is 0 Å². The molecule has 0 bridgehead atoms. The number of nitrogens with one attached hydrogen (secondary N) is 3. The van der Waals surface area contributed by atoms with Gasteiger partial charge in [0.2, 0.25) is 0 Å². The second-order valence-electron chi connectivity index (χ2n) is 6.86. The van der Waals surface area contributed by atoms with Crippen LogP contribution in [0.3, 0.4) is 0 Å². The zero-order valence-corrected chi connectivity index (χ0v) is 14.7. The fourth-order valence-corrected chi connectivity index (χ4v) is 3.45. The van der Waals surface area contributed by atoms with Gasteiger partial charge in [0.25, 0.3) is 0 Å². The minimum absolute atomic E-state index is 0.519. The molecule has 134 valence electrons. The largest absolute Gasteiger partial charge is 0.361 e. The summed E-state index contributed by atoms with van der Waals surface area (Å²) in [7, 11) is 0. The molecule has 0 unspecified atom stereocenters. The molecule has 1 aromatic heterocycles. The Morgan fingerprint density at radius 1 is 1.28 bits per heavy atom. The lowest BCUT2D eigenvalue weighted by Gasteiger charge is -2.30. The topological polar surface area (TPSA) is 77.2 Å². The van der Waals surface area contributed by atoms with Crippen LogP contribution in [0.15, 0.2) is 30.5 Å². The number of amides is 2. The molecule has 2 aromatic rings. The Kier molecular flexibility index (Phi) is 5.71. The van der Waals surface area contributed by atoms with Crippen LogP contribution in [0.1, 0.15) is 26.2 Å². The number of piperidine rings is 1. The number of rotatable bonds is 5. The van der Waals surface area contributed by atoms with Crippen molar-refractivity contribution in [2.45, 2.75) is 26.2 Å². The summed E-state index contributed by atoms with van der Waals surface area (Å²) in [5.41, 5.74) is 1.56. The van der Waals surface area contributed by atoms with E-state index in [2.05, 4.69) is 27.4 Å². The summed E-state index contributed by atoms with van der Waals surface area (Å²) in [4.78, 5) is 29.6. The SMILES string of the molecule is C[C@H]1CCCN(CCCNC(=O)C(=O)Nc2cccc3[nH]ccc23)C1. The predicted octanol–water partition coefficient (Wildman–Crippen LogP) is 2.34. The normalized spacial score (nSPS) is 18.2. The first-order chi connectivity index (χ1) is 12.1. The summed E-state index contributed by atoms with van der Waals surface area (Å²) >= 11 is 0. The molecule has 1 aliphatic rings. The van der Waals surface area contributed by atoms with E-state index in [-0.39, 0.29) is 0 Å². The maximum absolute atomic E-state index is 12.1. The number of carbonyl (C=O) groups excluding carboxylic acids is 2. The molecule has 2 heterocycles. The summed E-state index contributed by atoms with van der Waals surface area (Å²) < 4.78 is 0. The van der Waals surface area contributed by atoms with Gasteiger partial charge < -0.3 is 20.5 Å². The van der Waals surface area contributed by atoms with Gasteiger partial charge in [0.1, 0.15) is 0 Å². The first-order valence-electron chi connectivity index (χ1n) is 9.01. The molecule has 3 rings (SSSR count). The van der Waals surface area contributed by atoms with Crippen molar-refractivity contribution in [3.63, 3.8) is 0 Å². The van der Waals surface area contributed by atoms with Crippen LogP contribution in [0.2, 0.25) is 0 Å². The minimum Gasteiger partial charge on any atom is -0.361 e. The Morgan fingerprint density at radius 3 is 3.00 bits per heavy atom. The molecule has 1 fully saturated rings. The maximum Gasteiger partial charge on any atom is 0.313 e. The molecule has 1 saturated heterocycles. The Bertz CT molecular complexity index is 740. The van der Waals surface area contributed by atoms with Crippen molar-refractivity contribution in [3.8, 4) is 0 Å². The van der Waals surface area contributed by atoms with Gasteiger partial charge in [-0.25, -0.2) is 0 Å². The number of aromatic nitrogens is 1. The number of likely N-dealkylation sites (tertiary alicyclic amines) is 1. The average molecular weight is 342 g/mol. The van der Waals surface area contributed by atoms with E-state index in [9.17, 15) is 9.59 Å². The van der Waals surface area contributed by atoms with Gasteiger partial charge in [-0.2, -0.15) is 0 Å². The fraction of sp³-hybridized carbons (Fsp3) is 0.474. The molecule has 6 nitrogen and oxygen atoms in total. The Labute approximate surface area is 148 Å². The maximum atomic E-state index is 12.1. The molecule has 1 aromatic carbocycles. The standard InChI is InChI=1S/C19H26N4O2/c1-14-5-3-11-23(13-14)12-4-9-21-18(24)19(25)22-17-7-2-6-16-15(17)8-10-20-16/h2,6-8,10,14,20H,3-5,9,11-13H2,1H3,(H,21,24)(H,22,25)/t14-/m0/s1. The molecule has 1 atom stereocenters. The van der Waals surface area contributed by atoms with Crippen LogP contribution in [0.5, 0.6) is 0 Å². The van der Waals surface area contributed by atoms with Crippen molar-refractivity contribution < 1.29 is 9.59 Å². The lowest BCUT2D eigenvalue weighted by molar-refractivity contribution is -0.136. The molecule has 3 N–H and O–H groups in total. The fourth-order valence-electron chi connectivity index (χ4n) is 3.45. The third kappa shape index (κ3) is 4.60. The zero-order chi connectivity index (χ0) is 17.6. The third-order valence-electron chi connectivity index (χ3n) is 4.73. The number of carbonyl (C=O) groups is 2. The molecule has 0 saturated carbocycles. The minimum atomic E-state index is -0.625. The molecular formula is C19H26N4O2. The van der Waals surface area contributed by atoms with Crippen LogP contribution in [-0.2, 0) is 9.59 Å². The second-order valence-corrected chi connectivity index (χ2v) is 6.86. The van der Waals surface area contributed by atoms with Gasteiger partial charge in [0, 0.05) is 30.2 Å². The van der Waals surface area contributed by atoms with E-state index in [1.165, 1.54) is 12.8 Å². The van der Waals surface area contributed by atoms with Gasteiger partial charge >= 0.3 is 11.8 Å². The van der Waals surface area contributed by atoms with Gasteiger partial charge in [0.15, 0.2) is 0 Å². The van der Waals surface area contributed by atoms with Crippen LogP contribution in [0.4, 0.5) is 5.69 Å². The van der Waals surface area contributed by atoms with E-state index in [1.54, 1.807) is 6.07 Å². The predicted molar refractivity (Wildman–Crippen MR) is 99.4 cm³/mol. The Hall–Kier alpha value is -2.34. The lowest BCUT2D eigenvalue weighted by atomic mass is 10.0. The highest BCUT2D eigenvalue weighted by Crippen LogP contribution is 2.21. The van der Waals surface area contributed by atoms with E-state index < -0.39 is 11.8 Å². The summed E-state index contributed by atoms with van der Waals surface area (Å²) in [5, 5.41) is 6.29. The number of anilines is 1. The van der Waals surface area contributed by atoms with Gasteiger partial charge in [-0.15, -0.1) is 0 Å². The third-order valence-corrected chi connectivity index (χ3v) is 4.73. The summed E-state index contributed by atoms with van der Waals surface area (Å²) in [6.07, 6.45) is 5.23. The van der Waals surface area contributed by atoms with Gasteiger partial charge in [-0.3, -0.25) is 9.59 Å². The van der Waals surface area contributed by atoms with Crippen LogP contribution in [0, 0.1) is 5.92 Å². The van der Waals surface area contributed by atoms with Crippen molar-refractivity contribution in [1.82, 2.24) is 15.2 Å². The molecule has 6 heteroatoms. The van der Waals surface area contributed by atoms with Crippen LogP contribution in [0.25, 0.3) is 10.9 Å². The molecule has 25 heavy (non-hydrogen) atoms. The first kappa shape index (κ1) is 17.5. The number of hydrogen-bond acceptors (Lipinski definition) is 3. The van der Waals surface area contributed by atoms with E-state index in [0.29, 0.717) is 12.2 Å². The Balaban J connectivity index is 1.42. The van der Waals surface area contributed by atoms with Crippen molar-refractivity contribution in [2.75, 3.05) is 31.5 Å². The van der Waals surface area contributed by atoms with Gasteiger partial charge in [-0.1, -0.05) is 13.0 Å². The summed E-state index contributed by atoms with van der Waals surface area (Å²) in [6, 6.07) is 7.43. The van der Waals surface area contributed by atoms with Gasteiger partial charge in [-0.05, 0) is 56.5 Å². The number of fused-ring (bicyclic) bond motifs is 1.